The van der Waals surface area contributed by atoms with E-state index in [2.05, 4.69) is 0 Å². The third kappa shape index (κ3) is 4.57. The van der Waals surface area contributed by atoms with Crippen molar-refractivity contribution in [2.75, 3.05) is 0 Å². The number of hydrogen-bond donors (Lipinski definition) is 1. The molecule has 0 atom stereocenters. The third-order valence-corrected chi connectivity index (χ3v) is 4.72. The van der Waals surface area contributed by atoms with E-state index in [0.29, 0.717) is 5.02 Å². The molecule has 0 fully saturated rings. The van der Waals surface area contributed by atoms with Gasteiger partial charge in [-0.25, -0.2) is 13.1 Å². The van der Waals surface area contributed by atoms with Crippen molar-refractivity contribution >= 4 is 56.5 Å². The molecule has 0 unspecified atom stereocenters. The highest BCUT2D eigenvalue weighted by atomic mass is 35.5. The molecule has 0 aliphatic rings. The van der Waals surface area contributed by atoms with Gasteiger partial charge in [0.15, 0.2) is 0 Å². The minimum atomic E-state index is -3.90. The second-order valence-electron chi connectivity index (χ2n) is 3.92. The molecule has 0 spiro atoms. The second-order valence-corrected chi connectivity index (χ2v) is 7.31. The predicted octanol–water partition coefficient (Wildman–Crippen LogP) is 3.79. The van der Waals surface area contributed by atoms with Crippen molar-refractivity contribution in [3.05, 3.63) is 61.6 Å². The molecule has 0 saturated carbocycles. The Morgan fingerprint density at radius 2 is 2.00 bits per heavy atom. The van der Waals surface area contributed by atoms with Crippen molar-refractivity contribution in [1.82, 2.24) is 4.72 Å². The monoisotopic (exact) mass is 361 g/mol. The summed E-state index contributed by atoms with van der Waals surface area (Å²) in [4.78, 5) is 12.7. The summed E-state index contributed by atoms with van der Waals surface area (Å²) in [6.45, 7) is 0. The van der Waals surface area contributed by atoms with Gasteiger partial charge in [-0.15, -0.1) is 11.3 Å². The molecule has 1 aromatic heterocycles. The lowest BCUT2D eigenvalue weighted by Gasteiger charge is -2.05. The number of amides is 1. The lowest BCUT2D eigenvalue weighted by Crippen LogP contribution is -2.28. The highest BCUT2D eigenvalue weighted by molar-refractivity contribution is 7.93. The molecule has 1 aromatic carbocycles. The number of carbonyl (C=O) groups is 1. The van der Waals surface area contributed by atoms with Crippen LogP contribution in [0.5, 0.6) is 0 Å². The Labute approximate surface area is 136 Å². The van der Waals surface area contributed by atoms with Gasteiger partial charge in [0.2, 0.25) is 0 Å². The molecule has 8 heteroatoms. The third-order valence-electron chi connectivity index (χ3n) is 2.37. The number of sulfonamides is 1. The normalized spacial score (nSPS) is 11.7. The summed E-state index contributed by atoms with van der Waals surface area (Å²) in [5.74, 6) is -0.813. The van der Waals surface area contributed by atoms with E-state index in [1.807, 2.05) is 10.1 Å². The summed E-state index contributed by atoms with van der Waals surface area (Å²) in [6.07, 6.45) is 1.41. The highest BCUT2D eigenvalue weighted by Gasteiger charge is 2.16. The quantitative estimate of drug-likeness (QED) is 0.900. The minimum absolute atomic E-state index is 0.0363. The Hall–Kier alpha value is -1.34. The van der Waals surface area contributed by atoms with Crippen LogP contribution in [0.2, 0.25) is 10.0 Å². The first-order valence-corrected chi connectivity index (χ1v) is 8.79. The van der Waals surface area contributed by atoms with Gasteiger partial charge in [0, 0.05) is 9.90 Å². The Morgan fingerprint density at radius 3 is 2.62 bits per heavy atom. The Morgan fingerprint density at radius 1 is 1.24 bits per heavy atom. The van der Waals surface area contributed by atoms with E-state index in [1.54, 1.807) is 12.1 Å². The number of halogens is 2. The van der Waals surface area contributed by atoms with Crippen LogP contribution in [0.15, 0.2) is 41.1 Å². The van der Waals surface area contributed by atoms with Gasteiger partial charge in [-0.2, -0.15) is 0 Å². The van der Waals surface area contributed by atoms with Crippen LogP contribution in [0.3, 0.4) is 0 Å². The average molecular weight is 362 g/mol. The smallest absolute Gasteiger partial charge is 0.266 e. The van der Waals surface area contributed by atoms with Crippen molar-refractivity contribution in [1.29, 1.82) is 0 Å². The first kappa shape index (κ1) is 16.0. The molecule has 1 amide bonds. The molecule has 0 aliphatic carbocycles. The van der Waals surface area contributed by atoms with Gasteiger partial charge in [0.1, 0.15) is 0 Å². The summed E-state index contributed by atoms with van der Waals surface area (Å²) >= 11 is 13.0. The van der Waals surface area contributed by atoms with Gasteiger partial charge in [-0.1, -0.05) is 29.3 Å². The lowest BCUT2D eigenvalue weighted by molar-refractivity contribution is 0.0982. The van der Waals surface area contributed by atoms with Crippen LogP contribution in [0.1, 0.15) is 15.2 Å². The summed E-state index contributed by atoms with van der Waals surface area (Å²) in [7, 11) is -3.90. The van der Waals surface area contributed by atoms with Crippen LogP contribution in [0.25, 0.3) is 6.08 Å². The van der Waals surface area contributed by atoms with Crippen molar-refractivity contribution in [3.63, 3.8) is 0 Å². The lowest BCUT2D eigenvalue weighted by atomic mass is 10.2. The van der Waals surface area contributed by atoms with Crippen LogP contribution in [0, 0.1) is 0 Å². The van der Waals surface area contributed by atoms with E-state index >= 15 is 0 Å². The molecule has 4 nitrogen and oxygen atoms in total. The van der Waals surface area contributed by atoms with Gasteiger partial charge in [-0.05, 0) is 35.7 Å². The van der Waals surface area contributed by atoms with E-state index in [9.17, 15) is 13.2 Å². The molecule has 1 heterocycles. The Kier molecular flexibility index (Phi) is 5.05. The van der Waals surface area contributed by atoms with Crippen LogP contribution in [0.4, 0.5) is 0 Å². The number of nitrogens with one attached hydrogen (secondary N) is 1. The second kappa shape index (κ2) is 6.62. The van der Waals surface area contributed by atoms with Crippen LogP contribution in [-0.2, 0) is 10.0 Å². The molecule has 0 aliphatic heterocycles. The SMILES string of the molecule is O=C(NS(=O)(=O)/C=C/c1cccs1)c1ccc(Cl)cc1Cl. The summed E-state index contributed by atoms with van der Waals surface area (Å²) in [5, 5.41) is 3.19. The van der Waals surface area contributed by atoms with Crippen molar-refractivity contribution in [2.45, 2.75) is 0 Å². The summed E-state index contributed by atoms with van der Waals surface area (Å²) < 4.78 is 25.5. The molecule has 110 valence electrons. The number of rotatable bonds is 4. The topological polar surface area (TPSA) is 63.2 Å². The average Bonchev–Trinajstić information content (AvgIpc) is 2.88. The maximum atomic E-state index is 11.9. The van der Waals surface area contributed by atoms with Gasteiger partial charge in [0.05, 0.1) is 16.0 Å². The number of carbonyl (C=O) groups excluding carboxylic acids is 1. The molecule has 2 aromatic rings. The maximum absolute atomic E-state index is 11.9. The zero-order valence-corrected chi connectivity index (χ0v) is 13.6. The van der Waals surface area contributed by atoms with E-state index in [4.69, 9.17) is 23.2 Å². The fraction of sp³-hybridized carbons (Fsp3) is 0. The van der Waals surface area contributed by atoms with Crippen molar-refractivity contribution < 1.29 is 13.2 Å². The molecule has 0 bridgehead atoms. The molecular weight excluding hydrogens is 353 g/mol. The number of hydrogen-bond acceptors (Lipinski definition) is 4. The van der Waals surface area contributed by atoms with Gasteiger partial charge in [0.25, 0.3) is 15.9 Å². The van der Waals surface area contributed by atoms with Crippen molar-refractivity contribution in [3.8, 4) is 0 Å². The molecule has 2 rings (SSSR count). The summed E-state index contributed by atoms with van der Waals surface area (Å²) in [5.41, 5.74) is 0.0363. The minimum Gasteiger partial charge on any atom is -0.268 e. The number of benzene rings is 1. The molecule has 0 radical (unpaired) electrons. The Bertz CT molecular complexity index is 784. The van der Waals surface area contributed by atoms with E-state index < -0.39 is 15.9 Å². The van der Waals surface area contributed by atoms with Gasteiger partial charge >= 0.3 is 0 Å². The zero-order valence-electron chi connectivity index (χ0n) is 10.4. The van der Waals surface area contributed by atoms with Gasteiger partial charge in [-0.3, -0.25) is 4.79 Å². The summed E-state index contributed by atoms with van der Waals surface area (Å²) in [6, 6.07) is 7.73. The van der Waals surface area contributed by atoms with E-state index in [-0.39, 0.29) is 10.6 Å². The zero-order chi connectivity index (χ0) is 15.5. The molecular formula is C13H9Cl2NO3S2. The molecule has 1 N–H and O–H groups in total. The van der Waals surface area contributed by atoms with E-state index in [1.165, 1.54) is 35.6 Å². The fourth-order valence-corrected chi connectivity index (χ4v) is 3.40. The van der Waals surface area contributed by atoms with Crippen LogP contribution in [-0.4, -0.2) is 14.3 Å². The first-order chi connectivity index (χ1) is 9.87. The molecule has 21 heavy (non-hydrogen) atoms. The highest BCUT2D eigenvalue weighted by Crippen LogP contribution is 2.21. The molecule has 0 saturated heterocycles. The van der Waals surface area contributed by atoms with Crippen molar-refractivity contribution in [2.24, 2.45) is 0 Å². The Balaban J connectivity index is 2.14. The first-order valence-electron chi connectivity index (χ1n) is 5.61. The van der Waals surface area contributed by atoms with E-state index in [0.717, 1.165) is 10.3 Å². The van der Waals surface area contributed by atoms with Gasteiger partial charge < -0.3 is 0 Å². The standard InChI is InChI=1S/C13H9Cl2NO3S2/c14-9-3-4-11(12(15)8-9)13(17)16-21(18,19)7-5-10-2-1-6-20-10/h1-8H,(H,16,17)/b7-5+. The largest absolute Gasteiger partial charge is 0.268 e. The predicted molar refractivity (Wildman–Crippen MR) is 86.2 cm³/mol. The van der Waals surface area contributed by atoms with Crippen LogP contribution >= 0.6 is 34.5 Å². The van der Waals surface area contributed by atoms with Crippen LogP contribution < -0.4 is 4.72 Å². The number of thiophene rings is 1. The maximum Gasteiger partial charge on any atom is 0.266 e. The fourth-order valence-electron chi connectivity index (χ4n) is 1.43.